The van der Waals surface area contributed by atoms with Gasteiger partial charge in [-0.1, -0.05) is 70.2 Å². The molecule has 2 aliphatic carbocycles. The number of carbonyl (C=O) groups excluding carboxylic acids is 2. The van der Waals surface area contributed by atoms with Gasteiger partial charge in [0.05, 0.1) is 11.5 Å². The Kier molecular flexibility index (Phi) is 10.1. The Hall–Kier alpha value is -4.98. The number of allylic oxidation sites excluding steroid dienone is 5. The highest BCUT2D eigenvalue weighted by atomic mass is 16.6. The fourth-order valence-corrected chi connectivity index (χ4v) is 7.99. The van der Waals surface area contributed by atoms with E-state index in [9.17, 15) is 19.7 Å². The van der Waals surface area contributed by atoms with Gasteiger partial charge in [-0.3, -0.25) is 19.7 Å². The number of benzene rings is 3. The summed E-state index contributed by atoms with van der Waals surface area (Å²) in [6, 6.07) is 20.7. The molecular formula is C43H48N2O6. The third kappa shape index (κ3) is 7.55. The van der Waals surface area contributed by atoms with E-state index in [0.717, 1.165) is 58.5 Å². The zero-order valence-corrected chi connectivity index (χ0v) is 30.4. The molecule has 6 rings (SSSR count). The Labute approximate surface area is 301 Å². The maximum atomic E-state index is 14.4. The van der Waals surface area contributed by atoms with Crippen LogP contribution in [-0.4, -0.2) is 34.5 Å². The molecule has 8 heteroatoms. The van der Waals surface area contributed by atoms with E-state index >= 15 is 0 Å². The van der Waals surface area contributed by atoms with Crippen molar-refractivity contribution < 1.29 is 24.0 Å². The summed E-state index contributed by atoms with van der Waals surface area (Å²) >= 11 is 0. The largest absolute Gasteiger partial charge is 0.490 e. The lowest BCUT2D eigenvalue weighted by Crippen LogP contribution is -2.45. The lowest BCUT2D eigenvalue weighted by Gasteiger charge is -2.49. The van der Waals surface area contributed by atoms with Crippen molar-refractivity contribution in [1.82, 2.24) is 4.90 Å². The summed E-state index contributed by atoms with van der Waals surface area (Å²) in [5, 5.41) is 11.2. The number of nitrogens with zero attached hydrogens (tertiary/aromatic N) is 2. The van der Waals surface area contributed by atoms with Crippen molar-refractivity contribution in [2.24, 2.45) is 10.8 Å². The Morgan fingerprint density at radius 2 is 1.47 bits per heavy atom. The molecule has 1 heterocycles. The summed E-state index contributed by atoms with van der Waals surface area (Å²) in [7, 11) is 0. The van der Waals surface area contributed by atoms with Crippen LogP contribution in [0.2, 0.25) is 0 Å². The molecule has 0 bridgehead atoms. The molecule has 0 saturated carbocycles. The lowest BCUT2D eigenvalue weighted by molar-refractivity contribution is -0.384. The molecule has 0 spiro atoms. The lowest BCUT2D eigenvalue weighted by atomic mass is 9.63. The fraction of sp³-hybridized carbons (Fsp3) is 0.395. The van der Waals surface area contributed by atoms with Gasteiger partial charge in [-0.05, 0) is 78.3 Å². The van der Waals surface area contributed by atoms with E-state index in [0.29, 0.717) is 43.9 Å². The maximum Gasteiger partial charge on any atom is 0.269 e. The standard InChI is InChI=1S/C43H48N2O6/c1-7-12-30-21-31(22-37(50-8-2)41(30)51-27-29-15-17-32(18-16-29)45(48)49)38-39-33(23-42(3,4)25-35(39)46)44(20-19-28-13-10-9-11-14-28)34-24-43(5,6)26-36(47)40(34)38/h7,9-11,13-18,21-22,38H,1,8,12,19-20,23-27H2,2-6H3. The molecular weight excluding hydrogens is 640 g/mol. The van der Waals surface area contributed by atoms with Crippen LogP contribution in [0.15, 0.2) is 102 Å². The Bertz CT molecular complexity index is 1870. The average Bonchev–Trinajstić information content (AvgIpc) is 3.06. The first-order valence-corrected chi connectivity index (χ1v) is 17.9. The van der Waals surface area contributed by atoms with Crippen LogP contribution in [0.3, 0.4) is 0 Å². The molecule has 0 aromatic heterocycles. The molecule has 0 radical (unpaired) electrons. The quantitative estimate of drug-likeness (QED) is 0.106. The van der Waals surface area contributed by atoms with Gasteiger partial charge in [0.25, 0.3) is 5.69 Å². The molecule has 0 amide bonds. The number of non-ortho nitro benzene ring substituents is 1. The van der Waals surface area contributed by atoms with Crippen molar-refractivity contribution in [3.8, 4) is 11.5 Å². The van der Waals surface area contributed by atoms with Gasteiger partial charge >= 0.3 is 0 Å². The van der Waals surface area contributed by atoms with Crippen LogP contribution in [0.1, 0.15) is 88.5 Å². The zero-order valence-electron chi connectivity index (χ0n) is 30.4. The summed E-state index contributed by atoms with van der Waals surface area (Å²) < 4.78 is 12.6. The van der Waals surface area contributed by atoms with Gasteiger partial charge in [0.2, 0.25) is 0 Å². The zero-order chi connectivity index (χ0) is 36.5. The number of carbonyl (C=O) groups is 2. The second-order valence-corrected chi connectivity index (χ2v) is 15.6. The van der Waals surface area contributed by atoms with Crippen LogP contribution >= 0.6 is 0 Å². The number of hydrogen-bond donors (Lipinski definition) is 0. The molecule has 8 nitrogen and oxygen atoms in total. The molecule has 0 saturated heterocycles. The maximum absolute atomic E-state index is 14.4. The molecule has 0 atom stereocenters. The van der Waals surface area contributed by atoms with Crippen molar-refractivity contribution in [1.29, 1.82) is 0 Å². The van der Waals surface area contributed by atoms with E-state index in [1.54, 1.807) is 18.2 Å². The topological polar surface area (TPSA) is 99.0 Å². The van der Waals surface area contributed by atoms with Gasteiger partial charge in [0.1, 0.15) is 6.61 Å². The minimum absolute atomic E-state index is 0.0141. The summed E-state index contributed by atoms with van der Waals surface area (Å²) in [4.78, 5) is 42.0. The molecule has 1 aliphatic heterocycles. The molecule has 0 unspecified atom stereocenters. The fourth-order valence-electron chi connectivity index (χ4n) is 7.99. The average molecular weight is 689 g/mol. The number of nitro groups is 1. The van der Waals surface area contributed by atoms with Crippen LogP contribution in [0.25, 0.3) is 0 Å². The van der Waals surface area contributed by atoms with E-state index in [1.807, 2.05) is 31.2 Å². The van der Waals surface area contributed by atoms with Crippen molar-refractivity contribution in [2.75, 3.05) is 13.2 Å². The highest BCUT2D eigenvalue weighted by Crippen LogP contribution is 2.55. The highest BCUT2D eigenvalue weighted by Gasteiger charge is 2.49. The van der Waals surface area contributed by atoms with Crippen LogP contribution in [-0.2, 0) is 29.0 Å². The predicted octanol–water partition coefficient (Wildman–Crippen LogP) is 9.23. The third-order valence-electron chi connectivity index (χ3n) is 10.2. The van der Waals surface area contributed by atoms with E-state index in [1.165, 1.54) is 17.7 Å². The minimum atomic E-state index is -0.526. The Morgan fingerprint density at radius 3 is 2.02 bits per heavy atom. The molecule has 0 fully saturated rings. The smallest absolute Gasteiger partial charge is 0.269 e. The van der Waals surface area contributed by atoms with Crippen molar-refractivity contribution in [3.63, 3.8) is 0 Å². The van der Waals surface area contributed by atoms with Crippen LogP contribution in [0, 0.1) is 20.9 Å². The minimum Gasteiger partial charge on any atom is -0.490 e. The number of ketones is 2. The van der Waals surface area contributed by atoms with Crippen LogP contribution in [0.4, 0.5) is 5.69 Å². The first kappa shape index (κ1) is 35.8. The van der Waals surface area contributed by atoms with Gasteiger partial charge < -0.3 is 14.4 Å². The van der Waals surface area contributed by atoms with Crippen molar-refractivity contribution >= 4 is 17.3 Å². The number of ether oxygens (including phenoxy) is 2. The summed E-state index contributed by atoms with van der Waals surface area (Å²) in [5.41, 5.74) is 6.72. The van der Waals surface area contributed by atoms with E-state index in [4.69, 9.17) is 9.47 Å². The van der Waals surface area contributed by atoms with Gasteiger partial charge in [0, 0.05) is 65.5 Å². The molecule has 3 aliphatic rings. The summed E-state index contributed by atoms with van der Waals surface area (Å²) in [5.74, 6) is 0.719. The van der Waals surface area contributed by atoms with Gasteiger partial charge in [-0.25, -0.2) is 0 Å². The van der Waals surface area contributed by atoms with Crippen LogP contribution < -0.4 is 9.47 Å². The normalized spacial score (nSPS) is 18.3. The first-order chi connectivity index (χ1) is 24.3. The summed E-state index contributed by atoms with van der Waals surface area (Å²) in [6.45, 7) is 15.8. The second kappa shape index (κ2) is 14.3. The molecule has 3 aromatic carbocycles. The first-order valence-electron chi connectivity index (χ1n) is 17.9. The molecule has 266 valence electrons. The third-order valence-corrected chi connectivity index (χ3v) is 10.2. The van der Waals surface area contributed by atoms with E-state index in [2.05, 4.69) is 57.4 Å². The van der Waals surface area contributed by atoms with Gasteiger partial charge in [0.15, 0.2) is 23.1 Å². The number of nitro benzene ring substituents is 1. The molecule has 3 aromatic rings. The van der Waals surface area contributed by atoms with Gasteiger partial charge in [-0.2, -0.15) is 0 Å². The van der Waals surface area contributed by atoms with Crippen molar-refractivity contribution in [2.45, 2.75) is 85.7 Å². The SMILES string of the molecule is C=CCc1cc(C2C3=C(CC(C)(C)CC3=O)N(CCc3ccccc3)C3=C2C(=O)CC(C)(C)C3)cc(OCC)c1OCc1ccc([N+](=O)[O-])cc1. The van der Waals surface area contributed by atoms with Crippen LogP contribution in [0.5, 0.6) is 11.5 Å². The second-order valence-electron chi connectivity index (χ2n) is 15.6. The van der Waals surface area contributed by atoms with Crippen molar-refractivity contribution in [3.05, 3.63) is 134 Å². The Morgan fingerprint density at radius 1 is 0.863 bits per heavy atom. The van der Waals surface area contributed by atoms with E-state index < -0.39 is 10.8 Å². The number of Topliss-reactive ketones (excluding diaryl/α,β-unsaturated/α-hetero) is 2. The molecule has 51 heavy (non-hydrogen) atoms. The number of rotatable bonds is 12. The van der Waals surface area contributed by atoms with Gasteiger partial charge in [-0.15, -0.1) is 6.58 Å². The highest BCUT2D eigenvalue weighted by molar-refractivity contribution is 6.07. The molecule has 0 N–H and O–H groups in total. The Balaban J connectivity index is 1.49. The number of hydrogen-bond acceptors (Lipinski definition) is 7. The summed E-state index contributed by atoms with van der Waals surface area (Å²) in [6.07, 6.45) is 5.35. The monoisotopic (exact) mass is 688 g/mol. The van der Waals surface area contributed by atoms with E-state index in [-0.39, 0.29) is 34.7 Å². The predicted molar refractivity (Wildman–Crippen MR) is 199 cm³/mol.